The molecule has 0 aromatic heterocycles. The second kappa shape index (κ2) is 7.28. The Hall–Kier alpha value is -0.570. The van der Waals surface area contributed by atoms with Crippen molar-refractivity contribution in [2.75, 3.05) is 19.6 Å². The average Bonchev–Trinajstić information content (AvgIpc) is 2.45. The SMILES string of the molecule is CCC(c1cccc(Cl)c1)N(CC)C1CCCNC1. The molecular weight excluding hydrogens is 256 g/mol. The lowest BCUT2D eigenvalue weighted by Crippen LogP contribution is -2.47. The van der Waals surface area contributed by atoms with Crippen molar-refractivity contribution < 1.29 is 0 Å². The van der Waals surface area contributed by atoms with E-state index in [1.165, 1.54) is 24.9 Å². The van der Waals surface area contributed by atoms with E-state index in [0.717, 1.165) is 24.5 Å². The lowest BCUT2D eigenvalue weighted by atomic mass is 9.97. The molecule has 1 N–H and O–H groups in total. The minimum absolute atomic E-state index is 0.480. The number of hydrogen-bond acceptors (Lipinski definition) is 2. The van der Waals surface area contributed by atoms with Gasteiger partial charge in [-0.1, -0.05) is 37.6 Å². The van der Waals surface area contributed by atoms with Gasteiger partial charge in [0.25, 0.3) is 0 Å². The van der Waals surface area contributed by atoms with Crippen LogP contribution in [0.25, 0.3) is 0 Å². The molecule has 1 aromatic rings. The lowest BCUT2D eigenvalue weighted by Gasteiger charge is -2.39. The molecule has 19 heavy (non-hydrogen) atoms. The Morgan fingerprint density at radius 2 is 2.26 bits per heavy atom. The van der Waals surface area contributed by atoms with Crippen LogP contribution in [0.5, 0.6) is 0 Å². The van der Waals surface area contributed by atoms with Gasteiger partial charge in [-0.25, -0.2) is 0 Å². The highest BCUT2D eigenvalue weighted by Crippen LogP contribution is 2.29. The van der Waals surface area contributed by atoms with Crippen molar-refractivity contribution in [2.24, 2.45) is 0 Å². The van der Waals surface area contributed by atoms with Gasteiger partial charge in [0.15, 0.2) is 0 Å². The quantitative estimate of drug-likeness (QED) is 0.881. The van der Waals surface area contributed by atoms with E-state index in [0.29, 0.717) is 12.1 Å². The van der Waals surface area contributed by atoms with E-state index >= 15 is 0 Å². The van der Waals surface area contributed by atoms with Crippen LogP contribution < -0.4 is 5.32 Å². The predicted molar refractivity (Wildman–Crippen MR) is 82.8 cm³/mol. The maximum atomic E-state index is 6.15. The monoisotopic (exact) mass is 280 g/mol. The molecule has 1 saturated heterocycles. The van der Waals surface area contributed by atoms with Gasteiger partial charge in [0.2, 0.25) is 0 Å². The number of hydrogen-bond donors (Lipinski definition) is 1. The van der Waals surface area contributed by atoms with Gasteiger partial charge in [0, 0.05) is 23.7 Å². The highest BCUT2D eigenvalue weighted by molar-refractivity contribution is 6.30. The first-order chi connectivity index (χ1) is 9.26. The summed E-state index contributed by atoms with van der Waals surface area (Å²) in [4.78, 5) is 2.64. The number of nitrogens with zero attached hydrogens (tertiary/aromatic N) is 1. The van der Waals surface area contributed by atoms with Crippen LogP contribution in [0.1, 0.15) is 44.7 Å². The van der Waals surface area contributed by atoms with Gasteiger partial charge in [-0.15, -0.1) is 0 Å². The van der Waals surface area contributed by atoms with E-state index in [1.807, 2.05) is 6.07 Å². The number of nitrogens with one attached hydrogen (secondary N) is 1. The Balaban J connectivity index is 2.17. The predicted octanol–water partition coefficient (Wildman–Crippen LogP) is 3.87. The molecule has 2 rings (SSSR count). The molecule has 0 saturated carbocycles. The van der Waals surface area contributed by atoms with Crippen LogP contribution in [-0.4, -0.2) is 30.6 Å². The van der Waals surface area contributed by atoms with Gasteiger partial charge in [0.1, 0.15) is 0 Å². The fourth-order valence-electron chi connectivity index (χ4n) is 3.23. The Kier molecular flexibility index (Phi) is 5.68. The number of benzene rings is 1. The van der Waals surface area contributed by atoms with E-state index in [-0.39, 0.29) is 0 Å². The normalized spacial score (nSPS) is 21.6. The fourth-order valence-corrected chi connectivity index (χ4v) is 3.42. The number of likely N-dealkylation sites (N-methyl/N-ethyl adjacent to an activating group) is 1. The van der Waals surface area contributed by atoms with E-state index < -0.39 is 0 Å². The van der Waals surface area contributed by atoms with Crippen molar-refractivity contribution in [1.29, 1.82) is 0 Å². The van der Waals surface area contributed by atoms with Crippen LogP contribution >= 0.6 is 11.6 Å². The molecule has 2 atom stereocenters. The fraction of sp³-hybridized carbons (Fsp3) is 0.625. The molecule has 1 aromatic carbocycles. The van der Waals surface area contributed by atoms with Crippen molar-refractivity contribution in [3.05, 3.63) is 34.9 Å². The maximum Gasteiger partial charge on any atom is 0.0409 e. The molecule has 2 unspecified atom stereocenters. The van der Waals surface area contributed by atoms with Gasteiger partial charge in [0.05, 0.1) is 0 Å². The second-order valence-corrected chi connectivity index (χ2v) is 5.75. The zero-order chi connectivity index (χ0) is 13.7. The zero-order valence-corrected chi connectivity index (χ0v) is 12.8. The summed E-state index contributed by atoms with van der Waals surface area (Å²) in [5.74, 6) is 0. The van der Waals surface area contributed by atoms with Crippen LogP contribution in [0.15, 0.2) is 24.3 Å². The standard InChI is InChI=1S/C16H25ClN2/c1-3-16(13-7-5-8-14(17)11-13)19(4-2)15-9-6-10-18-12-15/h5,7-8,11,15-16,18H,3-4,6,9-10,12H2,1-2H3. The van der Waals surface area contributed by atoms with Crippen LogP contribution in [0.2, 0.25) is 5.02 Å². The van der Waals surface area contributed by atoms with Gasteiger partial charge >= 0.3 is 0 Å². The molecule has 1 aliphatic heterocycles. The molecule has 0 bridgehead atoms. The van der Waals surface area contributed by atoms with Crippen molar-refractivity contribution >= 4 is 11.6 Å². The minimum Gasteiger partial charge on any atom is -0.315 e. The van der Waals surface area contributed by atoms with Crippen molar-refractivity contribution in [3.8, 4) is 0 Å². The van der Waals surface area contributed by atoms with Gasteiger partial charge in [-0.05, 0) is 50.0 Å². The number of piperidine rings is 1. The summed E-state index contributed by atoms with van der Waals surface area (Å²) < 4.78 is 0. The zero-order valence-electron chi connectivity index (χ0n) is 12.0. The van der Waals surface area contributed by atoms with Gasteiger partial charge in [-0.2, -0.15) is 0 Å². The summed E-state index contributed by atoms with van der Waals surface area (Å²) in [6, 6.07) is 9.48. The number of rotatable bonds is 5. The summed E-state index contributed by atoms with van der Waals surface area (Å²) in [6.45, 7) is 7.91. The Morgan fingerprint density at radius 3 is 2.84 bits per heavy atom. The first kappa shape index (κ1) is 14.8. The molecule has 1 heterocycles. The third-order valence-corrected chi connectivity index (χ3v) is 4.36. The molecule has 3 heteroatoms. The Bertz CT molecular complexity index is 388. The van der Waals surface area contributed by atoms with Gasteiger partial charge < -0.3 is 5.32 Å². The summed E-state index contributed by atoms with van der Waals surface area (Å²) in [5.41, 5.74) is 1.35. The van der Waals surface area contributed by atoms with E-state index in [2.05, 4.69) is 42.3 Å². The number of halogens is 1. The van der Waals surface area contributed by atoms with Crippen LogP contribution in [0.4, 0.5) is 0 Å². The Morgan fingerprint density at radius 1 is 1.42 bits per heavy atom. The Labute approximate surface area is 122 Å². The average molecular weight is 281 g/mol. The lowest BCUT2D eigenvalue weighted by molar-refractivity contribution is 0.115. The molecule has 1 fully saturated rings. The first-order valence-electron chi connectivity index (χ1n) is 7.48. The topological polar surface area (TPSA) is 15.3 Å². The maximum absolute atomic E-state index is 6.15. The van der Waals surface area contributed by atoms with Crippen molar-refractivity contribution in [2.45, 2.75) is 45.2 Å². The van der Waals surface area contributed by atoms with Crippen LogP contribution in [-0.2, 0) is 0 Å². The molecule has 0 aliphatic carbocycles. The van der Waals surface area contributed by atoms with Crippen LogP contribution in [0.3, 0.4) is 0 Å². The second-order valence-electron chi connectivity index (χ2n) is 5.31. The highest BCUT2D eigenvalue weighted by atomic mass is 35.5. The molecule has 1 aliphatic rings. The van der Waals surface area contributed by atoms with Crippen molar-refractivity contribution in [3.63, 3.8) is 0 Å². The van der Waals surface area contributed by atoms with E-state index in [9.17, 15) is 0 Å². The molecule has 106 valence electrons. The molecule has 0 amide bonds. The largest absolute Gasteiger partial charge is 0.315 e. The van der Waals surface area contributed by atoms with Crippen molar-refractivity contribution in [1.82, 2.24) is 10.2 Å². The van der Waals surface area contributed by atoms with Gasteiger partial charge in [-0.3, -0.25) is 4.90 Å². The molecule has 0 spiro atoms. The summed E-state index contributed by atoms with van der Waals surface area (Å²) in [5, 5.41) is 4.37. The smallest absolute Gasteiger partial charge is 0.0409 e. The third-order valence-electron chi connectivity index (χ3n) is 4.13. The minimum atomic E-state index is 0.480. The van der Waals surface area contributed by atoms with Crippen LogP contribution in [0, 0.1) is 0 Å². The highest BCUT2D eigenvalue weighted by Gasteiger charge is 2.26. The molecular formula is C16H25ClN2. The first-order valence-corrected chi connectivity index (χ1v) is 7.86. The summed E-state index contributed by atoms with van der Waals surface area (Å²) in [7, 11) is 0. The molecule has 0 radical (unpaired) electrons. The van der Waals surface area contributed by atoms with E-state index in [4.69, 9.17) is 11.6 Å². The summed E-state index contributed by atoms with van der Waals surface area (Å²) in [6.07, 6.45) is 3.72. The van der Waals surface area contributed by atoms with E-state index in [1.54, 1.807) is 0 Å². The third kappa shape index (κ3) is 3.71. The summed E-state index contributed by atoms with van der Waals surface area (Å²) >= 11 is 6.15. The molecule has 2 nitrogen and oxygen atoms in total.